The van der Waals surface area contributed by atoms with Gasteiger partial charge in [0.15, 0.2) is 31.5 Å². The molecule has 7 heterocycles. The van der Waals surface area contributed by atoms with Crippen LogP contribution in [0.4, 0.5) is 0 Å². The van der Waals surface area contributed by atoms with Crippen molar-refractivity contribution in [2.45, 2.75) is 194 Å². The van der Waals surface area contributed by atoms with E-state index in [-0.39, 0.29) is 13.2 Å². The molecule has 71 heavy (non-hydrogen) atoms. The van der Waals surface area contributed by atoms with E-state index in [1.165, 1.54) is 20.8 Å². The van der Waals surface area contributed by atoms with E-state index in [1.54, 1.807) is 0 Å². The lowest BCUT2D eigenvalue weighted by atomic mass is 9.90. The van der Waals surface area contributed by atoms with E-state index in [0.717, 1.165) is 20.8 Å². The molecule has 25 unspecified atom stereocenters. The van der Waals surface area contributed by atoms with Crippen molar-refractivity contribution in [2.24, 2.45) is 17.6 Å². The molecule has 0 aliphatic carbocycles. The van der Waals surface area contributed by atoms with Crippen LogP contribution < -0.4 is 11.1 Å². The van der Waals surface area contributed by atoms with Crippen LogP contribution in [0.5, 0.6) is 0 Å². The minimum atomic E-state index is -2.27. The highest BCUT2D eigenvalue weighted by atomic mass is 16.8. The standard InChI is InChI=1S/C42H68N2O27/c1-13-26(23(51)17(9-45)60-34(13)66-28-20(12-48)63-37(58-8-7-43)33-31(28)69-42(6,71-33)40(56)57)64-36-21(44-16(4)49)29(22(50)15(3)59-36)67-35-14(2)27(24(52)18(10-46)61-35)65-38-32-30(25(53)19(11-47)62-38)68-41(5,70-32)39(54)55/h13-15,17-38,45-48,50-53H,7-12,43H2,1-6H3,(H,44,49)(H,54,55)(H,56,57)/t13?,14?,15?,17?,18?,19?,20?,21?,22?,23?,24?,25?,26?,27?,28?,29?,30?,31?,32?,33?,34?,35?,36?,37?,38?,41-,42-/m0/s1. The normalized spacial score (nSPS) is 50.0. The predicted molar refractivity (Wildman–Crippen MR) is 223 cm³/mol. The number of hydrogen-bond acceptors (Lipinski definition) is 26. The van der Waals surface area contributed by atoms with Crippen molar-refractivity contribution in [1.82, 2.24) is 5.32 Å². The first-order valence-corrected chi connectivity index (χ1v) is 23.4. The molecule has 29 nitrogen and oxygen atoms in total. The average molecular weight is 1030 g/mol. The summed E-state index contributed by atoms with van der Waals surface area (Å²) in [5.74, 6) is -10.3. The van der Waals surface area contributed by atoms with Gasteiger partial charge in [-0.05, 0) is 6.92 Å². The number of nitrogens with two attached hydrogens (primary N) is 1. The molecule has 7 rings (SSSR count). The Balaban J connectivity index is 1.12. The fraction of sp³-hybridized carbons (Fsp3) is 0.929. The number of fused-ring (bicyclic) bond motifs is 2. The van der Waals surface area contributed by atoms with Crippen LogP contribution in [0, 0.1) is 11.8 Å². The Kier molecular flexibility index (Phi) is 18.0. The monoisotopic (exact) mass is 1030 g/mol. The molecule has 27 atom stereocenters. The molecule has 0 radical (unpaired) electrons. The fourth-order valence-electron chi connectivity index (χ4n) is 9.90. The maximum absolute atomic E-state index is 12.9. The van der Waals surface area contributed by atoms with Gasteiger partial charge in [-0.25, -0.2) is 9.59 Å². The number of carbonyl (C=O) groups is 3. The second-order valence-electron chi connectivity index (χ2n) is 18.9. The van der Waals surface area contributed by atoms with Crippen molar-refractivity contribution < 1.29 is 132 Å². The molecule has 0 aromatic rings. The summed E-state index contributed by atoms with van der Waals surface area (Å²) in [5, 5.41) is 109. The van der Waals surface area contributed by atoms with E-state index in [4.69, 9.17) is 72.0 Å². The van der Waals surface area contributed by atoms with Gasteiger partial charge in [-0.2, -0.15) is 0 Å². The zero-order chi connectivity index (χ0) is 52.0. The van der Waals surface area contributed by atoms with Crippen LogP contribution in [0.25, 0.3) is 0 Å². The van der Waals surface area contributed by atoms with E-state index < -0.39 is 209 Å². The maximum Gasteiger partial charge on any atom is 0.364 e. The van der Waals surface area contributed by atoms with Gasteiger partial charge in [0.2, 0.25) is 5.91 Å². The van der Waals surface area contributed by atoms with Crippen LogP contribution in [0.15, 0.2) is 0 Å². The molecule has 0 bridgehead atoms. The SMILES string of the molecule is CC(=O)NC1C(OC2C(C)C(OC3C(CO)OC(OCCN)C4O[C@@](C)(C(=O)O)OC34)OC(CO)C2O)OC(C)C(O)C1OC1OC(CO)C(O)C(OC2OC(CO)C(O)C3O[C@](C)(C(=O)O)OC23)C1C. The molecule has 7 saturated heterocycles. The topological polar surface area (TPSA) is 421 Å². The molecule has 0 saturated carbocycles. The van der Waals surface area contributed by atoms with E-state index in [9.17, 15) is 65.4 Å². The molecule has 29 heteroatoms. The van der Waals surface area contributed by atoms with Gasteiger partial charge in [-0.3, -0.25) is 4.79 Å². The largest absolute Gasteiger partial charge is 0.477 e. The van der Waals surface area contributed by atoms with Gasteiger partial charge in [-0.1, -0.05) is 13.8 Å². The Morgan fingerprint density at radius 3 is 1.45 bits per heavy atom. The molecule has 7 aliphatic rings. The number of aliphatic hydroxyl groups is 8. The van der Waals surface area contributed by atoms with Crippen molar-refractivity contribution in [3.63, 3.8) is 0 Å². The molecule has 1 amide bonds. The van der Waals surface area contributed by atoms with Gasteiger partial charge in [0.1, 0.15) is 91.5 Å². The average Bonchev–Trinajstić information content (AvgIpc) is 3.90. The van der Waals surface area contributed by atoms with E-state index in [1.807, 2.05) is 0 Å². The Bertz CT molecular complexity index is 1830. The number of aliphatic hydroxyl groups excluding tert-OH is 8. The number of ether oxygens (including phenoxy) is 14. The summed E-state index contributed by atoms with van der Waals surface area (Å²) < 4.78 is 84.1. The third-order valence-corrected chi connectivity index (χ3v) is 13.8. The van der Waals surface area contributed by atoms with E-state index in [2.05, 4.69) is 5.32 Å². The van der Waals surface area contributed by atoms with Crippen LogP contribution in [0.2, 0.25) is 0 Å². The fourth-order valence-corrected chi connectivity index (χ4v) is 9.90. The number of nitrogens with one attached hydrogen (secondary N) is 1. The van der Waals surface area contributed by atoms with E-state index in [0.29, 0.717) is 0 Å². The number of carbonyl (C=O) groups excluding carboxylic acids is 1. The van der Waals surface area contributed by atoms with Gasteiger partial charge < -0.3 is 128 Å². The highest BCUT2D eigenvalue weighted by Crippen LogP contribution is 2.44. The van der Waals surface area contributed by atoms with Crippen molar-refractivity contribution in [1.29, 1.82) is 0 Å². The lowest BCUT2D eigenvalue weighted by Gasteiger charge is -2.51. The third kappa shape index (κ3) is 11.1. The second-order valence-corrected chi connectivity index (χ2v) is 18.9. The third-order valence-electron chi connectivity index (χ3n) is 13.8. The molecule has 0 spiro atoms. The minimum Gasteiger partial charge on any atom is -0.477 e. The number of hydrogen-bond donors (Lipinski definition) is 12. The number of aliphatic carboxylic acids is 2. The van der Waals surface area contributed by atoms with Gasteiger partial charge in [0, 0.05) is 39.2 Å². The minimum absolute atomic E-state index is 0.0283. The summed E-state index contributed by atoms with van der Waals surface area (Å²) in [5.41, 5.74) is 5.62. The van der Waals surface area contributed by atoms with Crippen LogP contribution in [-0.4, -0.2) is 261 Å². The van der Waals surface area contributed by atoms with Crippen LogP contribution in [0.3, 0.4) is 0 Å². The molecular formula is C42H68N2O27. The smallest absolute Gasteiger partial charge is 0.364 e. The zero-order valence-electron chi connectivity index (χ0n) is 39.7. The maximum atomic E-state index is 12.9. The summed E-state index contributed by atoms with van der Waals surface area (Å²) in [6, 6.07) is -1.44. The first kappa shape index (κ1) is 56.2. The lowest BCUT2D eigenvalue weighted by molar-refractivity contribution is -0.372. The van der Waals surface area contributed by atoms with Crippen LogP contribution in [-0.2, 0) is 80.7 Å². The molecular weight excluding hydrogens is 964 g/mol. The number of amides is 1. The molecule has 7 fully saturated rings. The molecule has 0 aromatic heterocycles. The van der Waals surface area contributed by atoms with E-state index >= 15 is 0 Å². The quantitative estimate of drug-likeness (QED) is 0.0607. The predicted octanol–water partition coefficient (Wildman–Crippen LogP) is -6.49. The van der Waals surface area contributed by atoms with Gasteiger partial charge in [-0.15, -0.1) is 0 Å². The van der Waals surface area contributed by atoms with Crippen molar-refractivity contribution in [2.75, 3.05) is 39.6 Å². The van der Waals surface area contributed by atoms with Gasteiger partial charge in [0.05, 0.1) is 51.3 Å². The van der Waals surface area contributed by atoms with Crippen molar-refractivity contribution >= 4 is 17.8 Å². The Morgan fingerprint density at radius 2 is 0.958 bits per heavy atom. The highest BCUT2D eigenvalue weighted by molar-refractivity contribution is 5.76. The second kappa shape index (κ2) is 22.8. The Hall–Kier alpha value is -2.51. The number of carboxylic acid groups (broad SMARTS) is 2. The molecule has 408 valence electrons. The lowest BCUT2D eigenvalue weighted by Crippen LogP contribution is -2.68. The summed E-state index contributed by atoms with van der Waals surface area (Å²) in [4.78, 5) is 37.3. The number of carboxylic acids is 2. The Labute approximate surface area is 406 Å². The zero-order valence-corrected chi connectivity index (χ0v) is 39.7. The van der Waals surface area contributed by atoms with Crippen LogP contribution in [0.1, 0.15) is 41.5 Å². The Morgan fingerprint density at radius 1 is 0.535 bits per heavy atom. The van der Waals surface area contributed by atoms with Crippen molar-refractivity contribution in [3.8, 4) is 0 Å². The molecule has 0 aromatic carbocycles. The first-order chi connectivity index (χ1) is 33.5. The van der Waals surface area contributed by atoms with Crippen LogP contribution >= 0.6 is 0 Å². The van der Waals surface area contributed by atoms with Crippen molar-refractivity contribution in [3.05, 3.63) is 0 Å². The summed E-state index contributed by atoms with van der Waals surface area (Å²) in [6.07, 6.45) is -31.3. The summed E-state index contributed by atoms with van der Waals surface area (Å²) in [6.45, 7) is 4.89. The first-order valence-electron chi connectivity index (χ1n) is 23.4. The number of rotatable bonds is 18. The highest BCUT2D eigenvalue weighted by Gasteiger charge is 2.63. The summed E-state index contributed by atoms with van der Waals surface area (Å²) >= 11 is 0. The molecule has 13 N–H and O–H groups in total. The summed E-state index contributed by atoms with van der Waals surface area (Å²) in [7, 11) is 0. The molecule has 7 aliphatic heterocycles. The van der Waals surface area contributed by atoms with Gasteiger partial charge >= 0.3 is 11.9 Å². The van der Waals surface area contributed by atoms with Gasteiger partial charge in [0.25, 0.3) is 11.6 Å².